The highest BCUT2D eigenvalue weighted by atomic mass is 16.5. The molecule has 0 spiro atoms. The van der Waals surface area contributed by atoms with Crippen LogP contribution in [0.3, 0.4) is 0 Å². The highest BCUT2D eigenvalue weighted by molar-refractivity contribution is 5.34. The molecular formula is C18H25N3O. The third kappa shape index (κ3) is 2.75. The molecule has 1 unspecified atom stereocenters. The van der Waals surface area contributed by atoms with E-state index in [1.807, 2.05) is 12.1 Å². The number of fused-ring (bicyclic) bond motifs is 1. The van der Waals surface area contributed by atoms with Crippen LogP contribution in [0.25, 0.3) is 0 Å². The van der Waals surface area contributed by atoms with Crippen LogP contribution < -0.4 is 10.5 Å². The van der Waals surface area contributed by atoms with E-state index in [0.29, 0.717) is 5.92 Å². The highest BCUT2D eigenvalue weighted by Gasteiger charge is 2.26. The molecule has 1 atom stereocenters. The van der Waals surface area contributed by atoms with Crippen LogP contribution in [0.2, 0.25) is 0 Å². The second kappa shape index (κ2) is 6.53. The molecule has 0 saturated heterocycles. The molecular weight excluding hydrogens is 274 g/mol. The minimum Gasteiger partial charge on any atom is -0.497 e. The Bertz CT molecular complexity index is 631. The minimum atomic E-state index is 0.489. The number of rotatable bonds is 5. The van der Waals surface area contributed by atoms with Crippen molar-refractivity contribution in [1.29, 1.82) is 0 Å². The molecule has 0 fully saturated rings. The van der Waals surface area contributed by atoms with Crippen molar-refractivity contribution in [2.45, 2.75) is 45.1 Å². The van der Waals surface area contributed by atoms with E-state index in [2.05, 4.69) is 23.7 Å². The number of hydrogen-bond donors (Lipinski definition) is 1. The molecule has 0 radical (unpaired) electrons. The maximum absolute atomic E-state index is 5.98. The SMILES string of the molecule is CCc1nn(Cc2ccc(OC)cc2)c2c1C(CN)CCC2. The summed E-state index contributed by atoms with van der Waals surface area (Å²) in [5.74, 6) is 1.38. The van der Waals surface area contributed by atoms with E-state index in [9.17, 15) is 0 Å². The first-order valence-corrected chi connectivity index (χ1v) is 8.18. The van der Waals surface area contributed by atoms with Gasteiger partial charge in [0.05, 0.1) is 19.3 Å². The van der Waals surface area contributed by atoms with Gasteiger partial charge < -0.3 is 10.5 Å². The fourth-order valence-corrected chi connectivity index (χ4v) is 3.49. The van der Waals surface area contributed by atoms with Gasteiger partial charge in [0.1, 0.15) is 5.75 Å². The molecule has 118 valence electrons. The molecule has 2 N–H and O–H groups in total. The lowest BCUT2D eigenvalue weighted by molar-refractivity contribution is 0.414. The Balaban J connectivity index is 1.92. The zero-order valence-electron chi connectivity index (χ0n) is 13.5. The monoisotopic (exact) mass is 299 g/mol. The number of benzene rings is 1. The summed E-state index contributed by atoms with van der Waals surface area (Å²) in [5, 5.41) is 4.88. The molecule has 4 heteroatoms. The summed E-state index contributed by atoms with van der Waals surface area (Å²) in [4.78, 5) is 0. The summed E-state index contributed by atoms with van der Waals surface area (Å²) in [6, 6.07) is 8.24. The van der Waals surface area contributed by atoms with E-state index in [1.54, 1.807) is 7.11 Å². The van der Waals surface area contributed by atoms with E-state index >= 15 is 0 Å². The summed E-state index contributed by atoms with van der Waals surface area (Å²) in [6.45, 7) is 3.74. The topological polar surface area (TPSA) is 53.1 Å². The molecule has 2 aromatic rings. The number of nitrogens with zero attached hydrogens (tertiary/aromatic N) is 2. The van der Waals surface area contributed by atoms with Gasteiger partial charge >= 0.3 is 0 Å². The Morgan fingerprint density at radius 1 is 1.32 bits per heavy atom. The standard InChI is InChI=1S/C18H25N3O/c1-3-16-18-14(11-19)5-4-6-17(18)21(20-16)12-13-7-9-15(22-2)10-8-13/h7-10,14H,3-6,11-12,19H2,1-2H3. The molecule has 1 aromatic heterocycles. The molecule has 1 aromatic carbocycles. The molecule has 0 aliphatic heterocycles. The predicted octanol–water partition coefficient (Wildman–Crippen LogP) is 2.88. The van der Waals surface area contributed by atoms with Crippen molar-refractivity contribution in [2.75, 3.05) is 13.7 Å². The average molecular weight is 299 g/mol. The van der Waals surface area contributed by atoms with Crippen molar-refractivity contribution in [1.82, 2.24) is 9.78 Å². The molecule has 0 amide bonds. The van der Waals surface area contributed by atoms with Crippen LogP contribution in [0.5, 0.6) is 5.75 Å². The van der Waals surface area contributed by atoms with Gasteiger partial charge in [0, 0.05) is 11.3 Å². The maximum Gasteiger partial charge on any atom is 0.118 e. The van der Waals surface area contributed by atoms with Gasteiger partial charge in [-0.15, -0.1) is 0 Å². The number of aryl methyl sites for hydroxylation is 1. The van der Waals surface area contributed by atoms with Crippen molar-refractivity contribution >= 4 is 0 Å². The minimum absolute atomic E-state index is 0.489. The van der Waals surface area contributed by atoms with Gasteiger partial charge in [0.15, 0.2) is 0 Å². The smallest absolute Gasteiger partial charge is 0.118 e. The Kier molecular flexibility index (Phi) is 4.48. The first kappa shape index (κ1) is 15.1. The van der Waals surface area contributed by atoms with E-state index < -0.39 is 0 Å². The number of methoxy groups -OCH3 is 1. The van der Waals surface area contributed by atoms with Crippen LogP contribution in [0.4, 0.5) is 0 Å². The van der Waals surface area contributed by atoms with E-state index in [4.69, 9.17) is 15.6 Å². The number of nitrogens with two attached hydrogens (primary N) is 1. The summed E-state index contributed by atoms with van der Waals surface area (Å²) in [5.41, 5.74) is 11.3. The lowest BCUT2D eigenvalue weighted by Crippen LogP contribution is -2.20. The third-order valence-electron chi connectivity index (χ3n) is 4.66. The van der Waals surface area contributed by atoms with Crippen LogP contribution in [-0.2, 0) is 19.4 Å². The lowest BCUT2D eigenvalue weighted by Gasteiger charge is -2.22. The predicted molar refractivity (Wildman–Crippen MR) is 88.4 cm³/mol. The van der Waals surface area contributed by atoms with Crippen molar-refractivity contribution in [3.63, 3.8) is 0 Å². The normalized spacial score (nSPS) is 17.3. The Morgan fingerprint density at radius 3 is 2.73 bits per heavy atom. The zero-order valence-corrected chi connectivity index (χ0v) is 13.5. The second-order valence-corrected chi connectivity index (χ2v) is 5.99. The second-order valence-electron chi connectivity index (χ2n) is 5.99. The van der Waals surface area contributed by atoms with Gasteiger partial charge in [-0.1, -0.05) is 19.1 Å². The number of hydrogen-bond acceptors (Lipinski definition) is 3. The summed E-state index contributed by atoms with van der Waals surface area (Å²) in [7, 11) is 1.69. The first-order valence-electron chi connectivity index (χ1n) is 8.18. The Morgan fingerprint density at radius 2 is 2.09 bits per heavy atom. The van der Waals surface area contributed by atoms with Crippen molar-refractivity contribution in [3.05, 3.63) is 46.8 Å². The van der Waals surface area contributed by atoms with Crippen LogP contribution in [0, 0.1) is 0 Å². The average Bonchev–Trinajstić information content (AvgIpc) is 2.93. The van der Waals surface area contributed by atoms with Crippen molar-refractivity contribution in [3.8, 4) is 5.75 Å². The highest BCUT2D eigenvalue weighted by Crippen LogP contribution is 2.34. The molecule has 4 nitrogen and oxygen atoms in total. The van der Waals surface area contributed by atoms with Gasteiger partial charge in [0.2, 0.25) is 0 Å². The van der Waals surface area contributed by atoms with Crippen LogP contribution in [-0.4, -0.2) is 23.4 Å². The fraction of sp³-hybridized carbons (Fsp3) is 0.500. The largest absolute Gasteiger partial charge is 0.497 e. The molecule has 0 bridgehead atoms. The third-order valence-corrected chi connectivity index (χ3v) is 4.66. The summed E-state index contributed by atoms with van der Waals surface area (Å²) >= 11 is 0. The maximum atomic E-state index is 5.98. The van der Waals surface area contributed by atoms with Gasteiger partial charge in [-0.25, -0.2) is 0 Å². The Hall–Kier alpha value is -1.81. The molecule has 22 heavy (non-hydrogen) atoms. The lowest BCUT2D eigenvalue weighted by atomic mass is 9.85. The molecule has 1 heterocycles. The molecule has 3 rings (SSSR count). The van der Waals surface area contributed by atoms with Crippen molar-refractivity contribution < 1.29 is 4.74 Å². The van der Waals surface area contributed by atoms with Crippen molar-refractivity contribution in [2.24, 2.45) is 5.73 Å². The van der Waals surface area contributed by atoms with Crippen LogP contribution in [0.1, 0.15) is 48.2 Å². The van der Waals surface area contributed by atoms with E-state index in [0.717, 1.165) is 31.7 Å². The van der Waals surface area contributed by atoms with E-state index in [-0.39, 0.29) is 0 Å². The molecule has 0 saturated carbocycles. The van der Waals surface area contributed by atoms with Gasteiger partial charge in [-0.3, -0.25) is 4.68 Å². The van der Waals surface area contributed by atoms with Gasteiger partial charge in [-0.05, 0) is 55.8 Å². The molecule has 1 aliphatic carbocycles. The summed E-state index contributed by atoms with van der Waals surface area (Å²) in [6.07, 6.45) is 4.51. The van der Waals surface area contributed by atoms with Crippen LogP contribution in [0.15, 0.2) is 24.3 Å². The Labute approximate surface area is 132 Å². The van der Waals surface area contributed by atoms with E-state index in [1.165, 1.54) is 35.4 Å². The van der Waals surface area contributed by atoms with Gasteiger partial charge in [0.25, 0.3) is 0 Å². The summed E-state index contributed by atoms with van der Waals surface area (Å²) < 4.78 is 7.42. The first-order chi connectivity index (χ1) is 10.8. The fourth-order valence-electron chi connectivity index (χ4n) is 3.49. The quantitative estimate of drug-likeness (QED) is 0.923. The molecule has 1 aliphatic rings. The number of ether oxygens (including phenoxy) is 1. The number of aromatic nitrogens is 2. The zero-order chi connectivity index (χ0) is 15.5. The van der Waals surface area contributed by atoms with Gasteiger partial charge in [-0.2, -0.15) is 5.10 Å². The van der Waals surface area contributed by atoms with Crippen LogP contribution >= 0.6 is 0 Å².